The minimum atomic E-state index is -0.472. The largest absolute Gasteiger partial charge is 0.494 e. The Morgan fingerprint density at radius 1 is 1.22 bits per heavy atom. The second kappa shape index (κ2) is 7.55. The number of ether oxygens (including phenoxy) is 1. The number of nitrogens with one attached hydrogen (secondary N) is 2. The number of hydrogen-bond donors (Lipinski definition) is 2. The first kappa shape index (κ1) is 16.7. The maximum absolute atomic E-state index is 10.8. The molecule has 120 valence electrons. The molecule has 0 radical (unpaired) electrons. The first-order chi connectivity index (χ1) is 11.0. The summed E-state index contributed by atoms with van der Waals surface area (Å²) in [6.45, 7) is 2.07. The van der Waals surface area contributed by atoms with Crippen molar-refractivity contribution in [3.05, 3.63) is 58.1 Å². The van der Waals surface area contributed by atoms with E-state index in [1.807, 2.05) is 24.3 Å². The molecule has 0 amide bonds. The van der Waals surface area contributed by atoms with Crippen LogP contribution < -0.4 is 15.4 Å². The minimum absolute atomic E-state index is 0.0393. The highest BCUT2D eigenvalue weighted by Gasteiger charge is 2.12. The molecule has 0 aromatic heterocycles. The molecule has 0 aliphatic heterocycles. The van der Waals surface area contributed by atoms with Crippen molar-refractivity contribution in [1.82, 2.24) is 0 Å². The Kier molecular flexibility index (Phi) is 5.48. The fourth-order valence-corrected chi connectivity index (χ4v) is 2.34. The molecule has 2 N–H and O–H groups in total. The van der Waals surface area contributed by atoms with Gasteiger partial charge in [0, 0.05) is 11.8 Å². The SMILES string of the molecule is CCc1ccccc1NC(=S)Nc1ccc([N+](=O)[O-])cc1OC. The number of thiocarbonyl (C=S) groups is 1. The molecule has 23 heavy (non-hydrogen) atoms. The van der Waals surface area contributed by atoms with Crippen molar-refractivity contribution in [2.75, 3.05) is 17.7 Å². The van der Waals surface area contributed by atoms with Gasteiger partial charge in [0.15, 0.2) is 5.11 Å². The molecule has 0 bridgehead atoms. The van der Waals surface area contributed by atoms with E-state index in [1.54, 1.807) is 6.07 Å². The third kappa shape index (κ3) is 4.17. The molecule has 0 aliphatic rings. The van der Waals surface area contributed by atoms with E-state index in [1.165, 1.54) is 19.2 Å². The van der Waals surface area contributed by atoms with Crippen molar-refractivity contribution in [3.8, 4) is 5.75 Å². The minimum Gasteiger partial charge on any atom is -0.494 e. The Bertz CT molecular complexity index is 734. The van der Waals surface area contributed by atoms with Crippen molar-refractivity contribution in [2.24, 2.45) is 0 Å². The summed E-state index contributed by atoms with van der Waals surface area (Å²) in [5.74, 6) is 0.354. The molecular formula is C16H17N3O3S. The zero-order valence-electron chi connectivity index (χ0n) is 12.8. The number of nitrogens with zero attached hydrogens (tertiary/aromatic N) is 1. The third-order valence-electron chi connectivity index (χ3n) is 3.29. The lowest BCUT2D eigenvalue weighted by atomic mass is 10.1. The van der Waals surface area contributed by atoms with E-state index in [2.05, 4.69) is 17.6 Å². The van der Waals surface area contributed by atoms with Gasteiger partial charge >= 0.3 is 0 Å². The van der Waals surface area contributed by atoms with E-state index in [0.29, 0.717) is 16.5 Å². The monoisotopic (exact) mass is 331 g/mol. The highest BCUT2D eigenvalue weighted by molar-refractivity contribution is 7.80. The smallest absolute Gasteiger partial charge is 0.273 e. The predicted molar refractivity (Wildman–Crippen MR) is 95.3 cm³/mol. The van der Waals surface area contributed by atoms with Crippen LogP contribution in [-0.4, -0.2) is 17.1 Å². The molecule has 0 aliphatic carbocycles. The average Bonchev–Trinajstić information content (AvgIpc) is 2.55. The van der Waals surface area contributed by atoms with Gasteiger partial charge in [-0.2, -0.15) is 0 Å². The standard InChI is InChI=1S/C16H17N3O3S/c1-3-11-6-4-5-7-13(11)17-16(23)18-14-9-8-12(19(20)21)10-15(14)22-2/h4-10H,3H2,1-2H3,(H2,17,18,23). The van der Waals surface area contributed by atoms with E-state index in [9.17, 15) is 10.1 Å². The Hall–Kier alpha value is -2.67. The van der Waals surface area contributed by atoms with Gasteiger partial charge in [0.25, 0.3) is 5.69 Å². The Balaban J connectivity index is 2.15. The van der Waals surface area contributed by atoms with Gasteiger partial charge in [-0.25, -0.2) is 0 Å². The lowest BCUT2D eigenvalue weighted by Gasteiger charge is -2.15. The summed E-state index contributed by atoms with van der Waals surface area (Å²) in [4.78, 5) is 10.3. The molecule has 7 heteroatoms. The molecule has 2 aromatic rings. The van der Waals surface area contributed by atoms with Crippen molar-refractivity contribution >= 4 is 34.4 Å². The summed E-state index contributed by atoms with van der Waals surface area (Å²) in [5.41, 5.74) is 2.59. The summed E-state index contributed by atoms with van der Waals surface area (Å²) in [7, 11) is 1.45. The second-order valence-corrected chi connectivity index (χ2v) is 5.14. The van der Waals surface area contributed by atoms with E-state index in [0.717, 1.165) is 17.7 Å². The first-order valence-corrected chi connectivity index (χ1v) is 7.44. The zero-order valence-corrected chi connectivity index (χ0v) is 13.6. The molecule has 0 fully saturated rings. The molecule has 0 heterocycles. The van der Waals surface area contributed by atoms with Crippen LogP contribution in [0.25, 0.3) is 0 Å². The van der Waals surface area contributed by atoms with Crippen molar-refractivity contribution in [3.63, 3.8) is 0 Å². The number of hydrogen-bond acceptors (Lipinski definition) is 4. The maximum atomic E-state index is 10.8. The van der Waals surface area contributed by atoms with Gasteiger partial charge in [0.05, 0.1) is 23.8 Å². The molecule has 0 saturated heterocycles. The summed E-state index contributed by atoms with van der Waals surface area (Å²) in [6.07, 6.45) is 0.882. The lowest BCUT2D eigenvalue weighted by molar-refractivity contribution is -0.384. The first-order valence-electron chi connectivity index (χ1n) is 7.03. The third-order valence-corrected chi connectivity index (χ3v) is 3.49. The quantitative estimate of drug-likeness (QED) is 0.490. The molecule has 0 saturated carbocycles. The summed E-state index contributed by atoms with van der Waals surface area (Å²) >= 11 is 5.31. The number of nitro groups is 1. The number of para-hydroxylation sites is 1. The summed E-state index contributed by atoms with van der Waals surface area (Å²) in [6, 6.07) is 12.2. The van der Waals surface area contributed by atoms with Crippen LogP contribution in [0.15, 0.2) is 42.5 Å². The van der Waals surface area contributed by atoms with Gasteiger partial charge in [-0.15, -0.1) is 0 Å². The Morgan fingerprint density at radius 3 is 2.57 bits per heavy atom. The normalized spacial score (nSPS) is 10.0. The van der Waals surface area contributed by atoms with Crippen molar-refractivity contribution in [2.45, 2.75) is 13.3 Å². The van der Waals surface area contributed by atoms with Crippen LogP contribution in [-0.2, 0) is 6.42 Å². The van der Waals surface area contributed by atoms with Crippen LogP contribution in [0.1, 0.15) is 12.5 Å². The number of aryl methyl sites for hydroxylation is 1. The van der Waals surface area contributed by atoms with Gasteiger partial charge in [-0.3, -0.25) is 10.1 Å². The Labute approximate surface area is 139 Å². The highest BCUT2D eigenvalue weighted by atomic mass is 32.1. The molecule has 0 unspecified atom stereocenters. The predicted octanol–water partition coefficient (Wildman–Crippen LogP) is 3.97. The van der Waals surface area contributed by atoms with Crippen molar-refractivity contribution in [1.29, 1.82) is 0 Å². The average molecular weight is 331 g/mol. The van der Waals surface area contributed by atoms with Crippen LogP contribution in [0.4, 0.5) is 17.1 Å². The maximum Gasteiger partial charge on any atom is 0.273 e. The summed E-state index contributed by atoms with van der Waals surface area (Å²) < 4.78 is 5.18. The molecule has 0 atom stereocenters. The fraction of sp³-hybridized carbons (Fsp3) is 0.188. The lowest BCUT2D eigenvalue weighted by Crippen LogP contribution is -2.20. The fourth-order valence-electron chi connectivity index (χ4n) is 2.12. The number of nitro benzene ring substituents is 1. The second-order valence-electron chi connectivity index (χ2n) is 4.73. The Morgan fingerprint density at radius 2 is 1.91 bits per heavy atom. The topological polar surface area (TPSA) is 76.4 Å². The van der Waals surface area contributed by atoms with Gasteiger partial charge in [-0.05, 0) is 36.3 Å². The van der Waals surface area contributed by atoms with Crippen LogP contribution >= 0.6 is 12.2 Å². The van der Waals surface area contributed by atoms with E-state index >= 15 is 0 Å². The zero-order chi connectivity index (χ0) is 16.8. The number of benzene rings is 2. The van der Waals surface area contributed by atoms with Crippen LogP contribution in [0, 0.1) is 10.1 Å². The molecular weight excluding hydrogens is 314 g/mol. The molecule has 6 nitrogen and oxygen atoms in total. The van der Waals surface area contributed by atoms with Crippen molar-refractivity contribution < 1.29 is 9.66 Å². The van der Waals surface area contributed by atoms with Crippen LogP contribution in [0.3, 0.4) is 0 Å². The molecule has 2 aromatic carbocycles. The molecule has 0 spiro atoms. The van der Waals surface area contributed by atoms with Gasteiger partial charge < -0.3 is 15.4 Å². The van der Waals surface area contributed by atoms with E-state index < -0.39 is 4.92 Å². The van der Waals surface area contributed by atoms with Crippen LogP contribution in [0.2, 0.25) is 0 Å². The summed E-state index contributed by atoms with van der Waals surface area (Å²) in [5, 5.41) is 17.3. The number of anilines is 2. The number of non-ortho nitro benzene ring substituents is 1. The number of rotatable bonds is 5. The van der Waals surface area contributed by atoms with Gasteiger partial charge in [0.2, 0.25) is 0 Å². The van der Waals surface area contributed by atoms with E-state index in [4.69, 9.17) is 17.0 Å². The number of methoxy groups -OCH3 is 1. The van der Waals surface area contributed by atoms with Crippen LogP contribution in [0.5, 0.6) is 5.75 Å². The van der Waals surface area contributed by atoms with Gasteiger partial charge in [0.1, 0.15) is 5.75 Å². The molecule has 2 rings (SSSR count). The van der Waals surface area contributed by atoms with Gasteiger partial charge in [-0.1, -0.05) is 25.1 Å². The highest BCUT2D eigenvalue weighted by Crippen LogP contribution is 2.29. The van der Waals surface area contributed by atoms with E-state index in [-0.39, 0.29) is 5.69 Å².